The number of hydrogen-bond acceptors (Lipinski definition) is 2. The Labute approximate surface area is 142 Å². The molecule has 126 valence electrons. The van der Waals surface area contributed by atoms with Gasteiger partial charge in [-0.05, 0) is 41.5 Å². The molecule has 0 aliphatic carbocycles. The van der Waals surface area contributed by atoms with E-state index in [-0.39, 0.29) is 12.5 Å². The fraction of sp³-hybridized carbons (Fsp3) is 0.0526. The molecular weight excluding hydrogens is 326 g/mol. The van der Waals surface area contributed by atoms with Gasteiger partial charge in [-0.3, -0.25) is 4.79 Å². The topological polar surface area (TPSA) is 56.0 Å². The number of nitrogens with zero attached hydrogens (tertiary/aromatic N) is 1. The third kappa shape index (κ3) is 3.98. The van der Waals surface area contributed by atoms with Crippen LogP contribution in [0, 0.1) is 16.8 Å². The van der Waals surface area contributed by atoms with Crippen LogP contribution in [0.4, 0.5) is 8.78 Å². The summed E-state index contributed by atoms with van der Waals surface area (Å²) in [6.45, 7) is 0.0714. The molecule has 2 aromatic carbocycles. The van der Waals surface area contributed by atoms with Crippen molar-refractivity contribution in [2.75, 3.05) is 0 Å². The third-order valence-corrected chi connectivity index (χ3v) is 3.65. The quantitative estimate of drug-likeness (QED) is 0.586. The Morgan fingerprint density at radius 1 is 0.960 bits per heavy atom. The van der Waals surface area contributed by atoms with Gasteiger partial charge in [0.05, 0.1) is 0 Å². The summed E-state index contributed by atoms with van der Waals surface area (Å²) in [4.78, 5) is 12.3. The van der Waals surface area contributed by atoms with Gasteiger partial charge in [0, 0.05) is 23.8 Å². The molecule has 1 heterocycles. The molecule has 0 aliphatic rings. The highest BCUT2D eigenvalue weighted by Gasteiger charge is 2.11. The lowest BCUT2D eigenvalue weighted by molar-refractivity contribution is -0.614. The van der Waals surface area contributed by atoms with E-state index in [2.05, 4.69) is 5.32 Å². The van der Waals surface area contributed by atoms with E-state index < -0.39 is 11.6 Å². The van der Waals surface area contributed by atoms with Crippen molar-refractivity contribution < 1.29 is 18.3 Å². The Morgan fingerprint density at radius 2 is 1.72 bits per heavy atom. The summed E-state index contributed by atoms with van der Waals surface area (Å²) < 4.78 is 27.4. The summed E-state index contributed by atoms with van der Waals surface area (Å²) in [5.41, 5.74) is 1.59. The van der Waals surface area contributed by atoms with Crippen molar-refractivity contribution in [3.63, 3.8) is 0 Å². The van der Waals surface area contributed by atoms with Gasteiger partial charge in [0.1, 0.15) is 18.2 Å². The van der Waals surface area contributed by atoms with Crippen LogP contribution in [0.15, 0.2) is 66.9 Å². The second-order valence-corrected chi connectivity index (χ2v) is 5.44. The Balaban J connectivity index is 1.79. The van der Waals surface area contributed by atoms with Gasteiger partial charge in [0.2, 0.25) is 5.69 Å². The number of amides is 1. The molecule has 0 saturated carbocycles. The zero-order chi connectivity index (χ0) is 17.8. The van der Waals surface area contributed by atoms with Crippen molar-refractivity contribution in [3.8, 4) is 11.1 Å². The number of rotatable bonds is 4. The Hall–Kier alpha value is -3.28. The summed E-state index contributed by atoms with van der Waals surface area (Å²) in [6.07, 6.45) is 1.35. The predicted molar refractivity (Wildman–Crippen MR) is 88.4 cm³/mol. The minimum atomic E-state index is -0.686. The summed E-state index contributed by atoms with van der Waals surface area (Å²) in [6, 6.07) is 14.5. The number of aromatic nitrogens is 1. The Bertz CT molecular complexity index is 909. The maximum absolute atomic E-state index is 13.4. The van der Waals surface area contributed by atoms with Crippen molar-refractivity contribution in [3.05, 3.63) is 95.0 Å². The summed E-state index contributed by atoms with van der Waals surface area (Å²) >= 11 is 0. The van der Waals surface area contributed by atoms with Crippen molar-refractivity contribution in [1.82, 2.24) is 5.32 Å². The van der Waals surface area contributed by atoms with Crippen LogP contribution in [-0.2, 0) is 6.54 Å². The Kier molecular flexibility index (Phi) is 4.70. The van der Waals surface area contributed by atoms with Crippen LogP contribution in [0.1, 0.15) is 16.1 Å². The average molecular weight is 340 g/mol. The van der Waals surface area contributed by atoms with E-state index in [1.54, 1.807) is 42.5 Å². The van der Waals surface area contributed by atoms with Gasteiger partial charge < -0.3 is 10.5 Å². The molecule has 0 unspecified atom stereocenters. The highest BCUT2D eigenvalue weighted by atomic mass is 19.1. The summed E-state index contributed by atoms with van der Waals surface area (Å²) in [7, 11) is 0. The molecule has 0 fully saturated rings. The largest absolute Gasteiger partial charge is 0.618 e. The molecule has 0 aliphatic heterocycles. The zero-order valence-corrected chi connectivity index (χ0v) is 13.1. The van der Waals surface area contributed by atoms with Crippen LogP contribution < -0.4 is 10.0 Å². The van der Waals surface area contributed by atoms with E-state index in [1.165, 1.54) is 18.3 Å². The van der Waals surface area contributed by atoms with Gasteiger partial charge in [-0.2, -0.15) is 4.73 Å². The number of carbonyl (C=O) groups is 1. The van der Waals surface area contributed by atoms with Crippen molar-refractivity contribution in [1.29, 1.82) is 0 Å². The number of pyridine rings is 1. The maximum atomic E-state index is 13.4. The molecule has 3 rings (SSSR count). The van der Waals surface area contributed by atoms with E-state index in [0.717, 1.165) is 6.07 Å². The standard InChI is InChI=1S/C19H14F2N2O2/c20-16-9-15(10-17(21)11-16)13-4-3-5-14(8-13)19(24)22-12-18-6-1-2-7-23(18)25/h1-11H,12H2,(H,22,24). The Morgan fingerprint density at radius 3 is 2.44 bits per heavy atom. The first kappa shape index (κ1) is 16.6. The van der Waals surface area contributed by atoms with Crippen LogP contribution in [-0.4, -0.2) is 5.91 Å². The van der Waals surface area contributed by atoms with Gasteiger partial charge in [-0.25, -0.2) is 8.78 Å². The highest BCUT2D eigenvalue weighted by molar-refractivity contribution is 5.95. The normalized spacial score (nSPS) is 10.5. The van der Waals surface area contributed by atoms with Crippen LogP contribution in [0.3, 0.4) is 0 Å². The van der Waals surface area contributed by atoms with Gasteiger partial charge in [0.25, 0.3) is 5.91 Å². The molecule has 3 aromatic rings. The van der Waals surface area contributed by atoms with Crippen LogP contribution in [0.5, 0.6) is 0 Å². The van der Waals surface area contributed by atoms with Gasteiger partial charge in [-0.15, -0.1) is 0 Å². The predicted octanol–water partition coefficient (Wildman–Crippen LogP) is 3.20. The molecular formula is C19H14F2N2O2. The second-order valence-electron chi connectivity index (χ2n) is 5.44. The molecule has 6 heteroatoms. The van der Waals surface area contributed by atoms with E-state index in [1.807, 2.05) is 0 Å². The smallest absolute Gasteiger partial charge is 0.251 e. The SMILES string of the molecule is O=C(NCc1cccc[n+]1[O-])c1cccc(-c2cc(F)cc(F)c2)c1. The summed E-state index contributed by atoms with van der Waals surface area (Å²) in [5, 5.41) is 14.2. The first-order valence-electron chi connectivity index (χ1n) is 7.55. The fourth-order valence-electron chi connectivity index (χ4n) is 2.43. The summed E-state index contributed by atoms with van der Waals surface area (Å²) in [5.74, 6) is -1.76. The average Bonchev–Trinajstić information content (AvgIpc) is 2.60. The van der Waals surface area contributed by atoms with Crippen molar-refractivity contribution >= 4 is 5.91 Å². The minimum absolute atomic E-state index is 0.0714. The highest BCUT2D eigenvalue weighted by Crippen LogP contribution is 2.22. The van der Waals surface area contributed by atoms with E-state index in [4.69, 9.17) is 0 Å². The molecule has 0 spiro atoms. The molecule has 4 nitrogen and oxygen atoms in total. The molecule has 1 amide bonds. The number of halogens is 2. The lowest BCUT2D eigenvalue weighted by atomic mass is 10.0. The van der Waals surface area contributed by atoms with E-state index >= 15 is 0 Å². The molecule has 25 heavy (non-hydrogen) atoms. The number of benzene rings is 2. The first-order chi connectivity index (χ1) is 12.0. The molecule has 0 bridgehead atoms. The number of nitrogens with one attached hydrogen (secondary N) is 1. The molecule has 0 saturated heterocycles. The lowest BCUT2D eigenvalue weighted by Crippen LogP contribution is -2.35. The number of hydrogen-bond donors (Lipinski definition) is 1. The van der Waals surface area contributed by atoms with Gasteiger partial charge >= 0.3 is 0 Å². The second kappa shape index (κ2) is 7.09. The van der Waals surface area contributed by atoms with Crippen LogP contribution >= 0.6 is 0 Å². The number of carbonyl (C=O) groups excluding carboxylic acids is 1. The van der Waals surface area contributed by atoms with Crippen molar-refractivity contribution in [2.45, 2.75) is 6.54 Å². The third-order valence-electron chi connectivity index (χ3n) is 3.65. The van der Waals surface area contributed by atoms with E-state index in [9.17, 15) is 18.8 Å². The molecule has 1 aromatic heterocycles. The van der Waals surface area contributed by atoms with Crippen molar-refractivity contribution in [2.24, 2.45) is 0 Å². The first-order valence-corrected chi connectivity index (χ1v) is 7.55. The fourth-order valence-corrected chi connectivity index (χ4v) is 2.43. The van der Waals surface area contributed by atoms with Crippen LogP contribution in [0.2, 0.25) is 0 Å². The van der Waals surface area contributed by atoms with E-state index in [0.29, 0.717) is 27.1 Å². The molecule has 0 radical (unpaired) electrons. The molecule has 0 atom stereocenters. The lowest BCUT2D eigenvalue weighted by Gasteiger charge is -2.08. The van der Waals surface area contributed by atoms with Crippen LogP contribution in [0.25, 0.3) is 11.1 Å². The van der Waals surface area contributed by atoms with Gasteiger partial charge in [0.15, 0.2) is 6.20 Å². The monoisotopic (exact) mass is 340 g/mol. The minimum Gasteiger partial charge on any atom is -0.618 e. The maximum Gasteiger partial charge on any atom is 0.251 e. The zero-order valence-electron chi connectivity index (χ0n) is 13.1. The molecule has 1 N–H and O–H groups in total. The van der Waals surface area contributed by atoms with Gasteiger partial charge in [-0.1, -0.05) is 12.1 Å².